The molecule has 0 radical (unpaired) electrons. The van der Waals surface area contributed by atoms with Crippen LogP contribution >= 0.6 is 0 Å². The highest BCUT2D eigenvalue weighted by Gasteiger charge is 2.25. The van der Waals surface area contributed by atoms with Crippen LogP contribution < -0.4 is 5.32 Å². The molecule has 1 unspecified atom stereocenters. The predicted molar refractivity (Wildman–Crippen MR) is 75.0 cm³/mol. The standard InChI is InChI=1S/C15H23NO3/c1-11(2)15(3,18)10-16-14(17)13-8-6-5-7-12(13)9-19-4/h5-8,11,18H,9-10H2,1-4H3,(H,16,17). The lowest BCUT2D eigenvalue weighted by Gasteiger charge is -2.28. The van der Waals surface area contributed by atoms with Crippen LogP contribution in [0.25, 0.3) is 0 Å². The van der Waals surface area contributed by atoms with Gasteiger partial charge in [-0.25, -0.2) is 0 Å². The number of aliphatic hydroxyl groups is 1. The molecule has 1 atom stereocenters. The van der Waals surface area contributed by atoms with E-state index in [9.17, 15) is 9.90 Å². The third kappa shape index (κ3) is 4.33. The van der Waals surface area contributed by atoms with Gasteiger partial charge in [0.1, 0.15) is 0 Å². The maximum absolute atomic E-state index is 12.1. The highest BCUT2D eigenvalue weighted by Crippen LogP contribution is 2.15. The van der Waals surface area contributed by atoms with Gasteiger partial charge in [-0.3, -0.25) is 4.79 Å². The van der Waals surface area contributed by atoms with E-state index in [-0.39, 0.29) is 18.4 Å². The Hall–Kier alpha value is -1.39. The number of rotatable bonds is 6. The minimum Gasteiger partial charge on any atom is -0.388 e. The average molecular weight is 265 g/mol. The molecule has 4 heteroatoms. The third-order valence-corrected chi connectivity index (χ3v) is 3.41. The van der Waals surface area contributed by atoms with E-state index in [0.29, 0.717) is 12.2 Å². The zero-order chi connectivity index (χ0) is 14.5. The second-order valence-corrected chi connectivity index (χ2v) is 5.28. The van der Waals surface area contributed by atoms with Gasteiger partial charge in [-0.05, 0) is 24.5 Å². The fourth-order valence-corrected chi connectivity index (χ4v) is 1.58. The zero-order valence-electron chi connectivity index (χ0n) is 12.1. The number of benzene rings is 1. The number of hydrogen-bond donors (Lipinski definition) is 2. The van der Waals surface area contributed by atoms with E-state index < -0.39 is 5.60 Å². The number of ether oxygens (including phenoxy) is 1. The number of hydrogen-bond acceptors (Lipinski definition) is 3. The lowest BCUT2D eigenvalue weighted by molar-refractivity contribution is 0.0142. The number of amides is 1. The Kier molecular flexibility index (Phi) is 5.51. The van der Waals surface area contributed by atoms with Gasteiger partial charge in [0.2, 0.25) is 0 Å². The Bertz CT molecular complexity index is 427. The molecule has 2 N–H and O–H groups in total. The summed E-state index contributed by atoms with van der Waals surface area (Å²) < 4.78 is 5.07. The van der Waals surface area contributed by atoms with Gasteiger partial charge in [-0.15, -0.1) is 0 Å². The Morgan fingerprint density at radius 2 is 2.05 bits per heavy atom. The van der Waals surface area contributed by atoms with Crippen molar-refractivity contribution < 1.29 is 14.6 Å². The third-order valence-electron chi connectivity index (χ3n) is 3.41. The molecular weight excluding hydrogens is 242 g/mol. The fraction of sp³-hybridized carbons (Fsp3) is 0.533. The minimum atomic E-state index is -0.911. The first-order valence-electron chi connectivity index (χ1n) is 6.46. The summed E-state index contributed by atoms with van der Waals surface area (Å²) in [5, 5.41) is 12.9. The Balaban J connectivity index is 2.74. The number of carbonyl (C=O) groups excluding carboxylic acids is 1. The molecule has 0 spiro atoms. The van der Waals surface area contributed by atoms with Crippen molar-refractivity contribution >= 4 is 5.91 Å². The molecule has 4 nitrogen and oxygen atoms in total. The van der Waals surface area contributed by atoms with Gasteiger partial charge in [-0.1, -0.05) is 32.0 Å². The molecule has 0 saturated heterocycles. The van der Waals surface area contributed by atoms with E-state index in [1.165, 1.54) is 0 Å². The maximum atomic E-state index is 12.1. The molecule has 0 aromatic heterocycles. The smallest absolute Gasteiger partial charge is 0.251 e. The van der Waals surface area contributed by atoms with Crippen molar-refractivity contribution in [2.75, 3.05) is 13.7 Å². The molecule has 0 aliphatic carbocycles. The highest BCUT2D eigenvalue weighted by molar-refractivity contribution is 5.95. The summed E-state index contributed by atoms with van der Waals surface area (Å²) >= 11 is 0. The van der Waals surface area contributed by atoms with E-state index in [0.717, 1.165) is 5.56 Å². The molecule has 1 aromatic carbocycles. The summed E-state index contributed by atoms with van der Waals surface area (Å²) in [4.78, 5) is 12.1. The van der Waals surface area contributed by atoms with Gasteiger partial charge in [0.05, 0.1) is 12.2 Å². The lowest BCUT2D eigenvalue weighted by Crippen LogP contribution is -2.44. The van der Waals surface area contributed by atoms with Crippen LogP contribution in [0, 0.1) is 5.92 Å². The molecule has 1 rings (SSSR count). The monoisotopic (exact) mass is 265 g/mol. The first-order chi connectivity index (χ1) is 8.88. The van der Waals surface area contributed by atoms with Crippen LogP contribution in [-0.2, 0) is 11.3 Å². The summed E-state index contributed by atoms with van der Waals surface area (Å²) in [5.41, 5.74) is 0.516. The van der Waals surface area contributed by atoms with Gasteiger partial charge in [0, 0.05) is 19.2 Å². The molecule has 0 aliphatic rings. The summed E-state index contributed by atoms with van der Waals surface area (Å²) in [6.07, 6.45) is 0. The fourth-order valence-electron chi connectivity index (χ4n) is 1.58. The second kappa shape index (κ2) is 6.68. The first kappa shape index (κ1) is 15.7. The molecule has 19 heavy (non-hydrogen) atoms. The predicted octanol–water partition coefficient (Wildman–Crippen LogP) is 1.97. The van der Waals surface area contributed by atoms with Gasteiger partial charge in [0.25, 0.3) is 5.91 Å². The number of nitrogens with one attached hydrogen (secondary N) is 1. The van der Waals surface area contributed by atoms with E-state index in [2.05, 4.69) is 5.32 Å². The zero-order valence-corrected chi connectivity index (χ0v) is 12.1. The Morgan fingerprint density at radius 3 is 2.63 bits per heavy atom. The van der Waals surface area contributed by atoms with Crippen molar-refractivity contribution in [1.29, 1.82) is 0 Å². The molecule has 0 fully saturated rings. The summed E-state index contributed by atoms with van der Waals surface area (Å²) in [6, 6.07) is 7.30. The van der Waals surface area contributed by atoms with Crippen LogP contribution in [0.1, 0.15) is 36.7 Å². The van der Waals surface area contributed by atoms with Gasteiger partial charge >= 0.3 is 0 Å². The van der Waals surface area contributed by atoms with Crippen molar-refractivity contribution in [3.05, 3.63) is 35.4 Å². The van der Waals surface area contributed by atoms with Crippen molar-refractivity contribution in [2.45, 2.75) is 33.0 Å². The quantitative estimate of drug-likeness (QED) is 0.826. The molecule has 0 bridgehead atoms. The van der Waals surface area contributed by atoms with E-state index in [4.69, 9.17) is 4.74 Å². The van der Waals surface area contributed by atoms with Crippen LogP contribution in [0.2, 0.25) is 0 Å². The number of carbonyl (C=O) groups is 1. The van der Waals surface area contributed by atoms with Gasteiger partial charge in [0.15, 0.2) is 0 Å². The van der Waals surface area contributed by atoms with Crippen LogP contribution in [0.15, 0.2) is 24.3 Å². The lowest BCUT2D eigenvalue weighted by atomic mass is 9.92. The SMILES string of the molecule is COCc1ccccc1C(=O)NCC(C)(O)C(C)C. The topological polar surface area (TPSA) is 58.6 Å². The van der Waals surface area contributed by atoms with Crippen LogP contribution in [-0.4, -0.2) is 30.3 Å². The largest absolute Gasteiger partial charge is 0.388 e. The molecule has 106 valence electrons. The molecule has 0 heterocycles. The molecule has 1 amide bonds. The molecule has 0 saturated carbocycles. The van der Waals surface area contributed by atoms with Crippen LogP contribution in [0.4, 0.5) is 0 Å². The first-order valence-corrected chi connectivity index (χ1v) is 6.46. The molecule has 0 aliphatic heterocycles. The van der Waals surface area contributed by atoms with E-state index in [1.807, 2.05) is 32.0 Å². The van der Waals surface area contributed by atoms with Crippen LogP contribution in [0.3, 0.4) is 0 Å². The van der Waals surface area contributed by atoms with Crippen molar-refractivity contribution in [1.82, 2.24) is 5.32 Å². The van der Waals surface area contributed by atoms with Crippen LogP contribution in [0.5, 0.6) is 0 Å². The van der Waals surface area contributed by atoms with Gasteiger partial charge in [-0.2, -0.15) is 0 Å². The normalized spacial score (nSPS) is 14.2. The Morgan fingerprint density at radius 1 is 1.42 bits per heavy atom. The summed E-state index contributed by atoms with van der Waals surface area (Å²) in [6.45, 7) is 6.18. The molecular formula is C15H23NO3. The van der Waals surface area contributed by atoms with Crippen molar-refractivity contribution in [2.24, 2.45) is 5.92 Å². The Labute approximate surface area is 114 Å². The van der Waals surface area contributed by atoms with Crippen molar-refractivity contribution in [3.63, 3.8) is 0 Å². The summed E-state index contributed by atoms with van der Waals surface area (Å²) in [7, 11) is 1.60. The van der Waals surface area contributed by atoms with E-state index in [1.54, 1.807) is 20.1 Å². The maximum Gasteiger partial charge on any atom is 0.251 e. The van der Waals surface area contributed by atoms with E-state index >= 15 is 0 Å². The minimum absolute atomic E-state index is 0.0713. The highest BCUT2D eigenvalue weighted by atomic mass is 16.5. The number of methoxy groups -OCH3 is 1. The van der Waals surface area contributed by atoms with Gasteiger partial charge < -0.3 is 15.2 Å². The average Bonchev–Trinajstić information content (AvgIpc) is 2.37. The summed E-state index contributed by atoms with van der Waals surface area (Å²) in [5.74, 6) is -0.115. The molecule has 1 aromatic rings. The second-order valence-electron chi connectivity index (χ2n) is 5.28. The van der Waals surface area contributed by atoms with Crippen molar-refractivity contribution in [3.8, 4) is 0 Å².